The number of fused-ring (bicyclic) bond motifs is 1. The van der Waals surface area contributed by atoms with Crippen LogP contribution in [-0.2, 0) is 33.7 Å². The highest BCUT2D eigenvalue weighted by Gasteiger charge is 2.22. The number of carbonyl (C=O) groups is 2. The fourth-order valence-electron chi connectivity index (χ4n) is 2.74. The molecule has 1 aromatic heterocycles. The van der Waals surface area contributed by atoms with Crippen molar-refractivity contribution in [3.05, 3.63) is 17.5 Å². The summed E-state index contributed by atoms with van der Waals surface area (Å²) in [4.78, 5) is 23.8. The maximum Gasteiger partial charge on any atom is 0.328 e. The molecule has 0 fully saturated rings. The van der Waals surface area contributed by atoms with E-state index < -0.39 is 12.0 Å². The van der Waals surface area contributed by atoms with Crippen molar-refractivity contribution < 1.29 is 14.3 Å². The number of nitrogens with one attached hydrogen (secondary N) is 1. The van der Waals surface area contributed by atoms with Gasteiger partial charge in [0.15, 0.2) is 0 Å². The molecular weight excluding hydrogens is 282 g/mol. The second kappa shape index (κ2) is 7.42. The van der Waals surface area contributed by atoms with E-state index in [4.69, 9.17) is 4.74 Å². The summed E-state index contributed by atoms with van der Waals surface area (Å²) < 4.78 is 6.83. The molecule has 1 aromatic rings. The summed E-state index contributed by atoms with van der Waals surface area (Å²) in [7, 11) is 0. The molecular formula is C16H25N3O3. The monoisotopic (exact) mass is 307 g/mol. The van der Waals surface area contributed by atoms with Crippen LogP contribution < -0.4 is 5.32 Å². The van der Waals surface area contributed by atoms with Crippen LogP contribution in [0.1, 0.15) is 44.9 Å². The summed E-state index contributed by atoms with van der Waals surface area (Å²) in [6.45, 7) is 6.09. The van der Waals surface area contributed by atoms with Crippen molar-refractivity contribution in [2.24, 2.45) is 5.92 Å². The highest BCUT2D eigenvalue weighted by molar-refractivity contribution is 5.85. The number of carbonyl (C=O) groups excluding carboxylic acids is 2. The van der Waals surface area contributed by atoms with Crippen LogP contribution in [0.25, 0.3) is 0 Å². The van der Waals surface area contributed by atoms with Crippen molar-refractivity contribution in [1.82, 2.24) is 15.1 Å². The first kappa shape index (κ1) is 16.5. The molecule has 0 aromatic carbocycles. The second-order valence-corrected chi connectivity index (χ2v) is 5.89. The molecule has 122 valence electrons. The van der Waals surface area contributed by atoms with Gasteiger partial charge in [0.05, 0.1) is 25.3 Å². The van der Waals surface area contributed by atoms with Gasteiger partial charge in [-0.1, -0.05) is 6.92 Å². The van der Waals surface area contributed by atoms with Crippen molar-refractivity contribution in [3.8, 4) is 0 Å². The Hall–Kier alpha value is -1.85. The molecule has 1 heterocycles. The lowest BCUT2D eigenvalue weighted by atomic mass is 9.98. The summed E-state index contributed by atoms with van der Waals surface area (Å²) in [5.74, 6) is -0.803. The molecule has 1 aliphatic rings. The van der Waals surface area contributed by atoms with Crippen LogP contribution in [-0.4, -0.2) is 34.3 Å². The lowest BCUT2D eigenvalue weighted by Gasteiger charge is -2.19. The molecule has 1 aliphatic carbocycles. The quantitative estimate of drug-likeness (QED) is 0.808. The van der Waals surface area contributed by atoms with Crippen LogP contribution in [0.4, 0.5) is 0 Å². The van der Waals surface area contributed by atoms with Crippen molar-refractivity contribution in [2.75, 3.05) is 6.61 Å². The molecule has 1 N–H and O–H groups in total. The third-order valence-electron chi connectivity index (χ3n) is 4.04. The molecule has 0 spiro atoms. The minimum atomic E-state index is -0.624. The van der Waals surface area contributed by atoms with Crippen molar-refractivity contribution in [2.45, 2.75) is 59.0 Å². The van der Waals surface area contributed by atoms with E-state index in [2.05, 4.69) is 10.4 Å². The molecule has 6 heteroatoms. The number of amides is 1. The van der Waals surface area contributed by atoms with Crippen LogP contribution in [0.3, 0.4) is 0 Å². The smallest absolute Gasteiger partial charge is 0.328 e. The molecule has 2 rings (SSSR count). The normalized spacial score (nSPS) is 16.5. The average molecular weight is 307 g/mol. The number of rotatable bonds is 6. The van der Waals surface area contributed by atoms with E-state index in [1.54, 1.807) is 13.8 Å². The van der Waals surface area contributed by atoms with Crippen LogP contribution in [0.5, 0.6) is 0 Å². The number of nitrogens with zero attached hydrogens (tertiary/aromatic N) is 2. The van der Waals surface area contributed by atoms with Crippen LogP contribution in [0.2, 0.25) is 0 Å². The largest absolute Gasteiger partial charge is 0.464 e. The summed E-state index contributed by atoms with van der Waals surface area (Å²) in [5.41, 5.74) is 2.56. The van der Waals surface area contributed by atoms with E-state index in [-0.39, 0.29) is 11.8 Å². The van der Waals surface area contributed by atoms with Gasteiger partial charge in [-0.3, -0.25) is 9.48 Å². The van der Waals surface area contributed by atoms with Gasteiger partial charge >= 0.3 is 5.97 Å². The Labute approximate surface area is 131 Å². The van der Waals surface area contributed by atoms with Gasteiger partial charge in [-0.15, -0.1) is 0 Å². The minimum Gasteiger partial charge on any atom is -0.464 e. The van der Waals surface area contributed by atoms with Crippen molar-refractivity contribution >= 4 is 11.9 Å². The zero-order valence-corrected chi connectivity index (χ0v) is 13.6. The van der Waals surface area contributed by atoms with E-state index >= 15 is 0 Å². The Morgan fingerprint density at radius 3 is 2.82 bits per heavy atom. The molecule has 0 bridgehead atoms. The highest BCUT2D eigenvalue weighted by Crippen LogP contribution is 2.21. The van der Waals surface area contributed by atoms with E-state index in [0.717, 1.165) is 12.8 Å². The Balaban J connectivity index is 1.91. The Morgan fingerprint density at radius 2 is 2.09 bits per heavy atom. The van der Waals surface area contributed by atoms with Crippen LogP contribution in [0, 0.1) is 5.92 Å². The van der Waals surface area contributed by atoms with Gasteiger partial charge in [0.2, 0.25) is 5.91 Å². The molecule has 6 nitrogen and oxygen atoms in total. The van der Waals surface area contributed by atoms with E-state index in [1.165, 1.54) is 24.1 Å². The molecule has 0 saturated heterocycles. The fraction of sp³-hybridized carbons (Fsp3) is 0.688. The topological polar surface area (TPSA) is 73.2 Å². The van der Waals surface area contributed by atoms with Crippen LogP contribution in [0.15, 0.2) is 6.20 Å². The van der Waals surface area contributed by atoms with Gasteiger partial charge in [0.1, 0.15) is 6.04 Å². The molecule has 1 amide bonds. The van der Waals surface area contributed by atoms with Crippen molar-refractivity contribution in [3.63, 3.8) is 0 Å². The van der Waals surface area contributed by atoms with E-state index in [0.29, 0.717) is 13.2 Å². The average Bonchev–Trinajstić information content (AvgIpc) is 2.90. The number of aromatic nitrogens is 2. The first-order chi connectivity index (χ1) is 10.5. The zero-order valence-electron chi connectivity index (χ0n) is 13.6. The molecule has 2 atom stereocenters. The van der Waals surface area contributed by atoms with Gasteiger partial charge in [-0.05, 0) is 45.1 Å². The lowest BCUT2D eigenvalue weighted by molar-refractivity contribution is -0.147. The van der Waals surface area contributed by atoms with E-state index in [1.807, 2.05) is 17.8 Å². The summed E-state index contributed by atoms with van der Waals surface area (Å²) in [6.07, 6.45) is 6.42. The summed E-state index contributed by atoms with van der Waals surface area (Å²) >= 11 is 0. The Morgan fingerprint density at radius 1 is 1.36 bits per heavy atom. The number of esters is 1. The third kappa shape index (κ3) is 3.87. The molecule has 1 unspecified atom stereocenters. The van der Waals surface area contributed by atoms with Gasteiger partial charge in [-0.2, -0.15) is 5.10 Å². The third-order valence-corrected chi connectivity index (χ3v) is 4.04. The summed E-state index contributed by atoms with van der Waals surface area (Å²) in [6, 6.07) is -0.624. The highest BCUT2D eigenvalue weighted by atomic mass is 16.5. The first-order valence-corrected chi connectivity index (χ1v) is 8.03. The minimum absolute atomic E-state index is 0.152. The van der Waals surface area contributed by atoms with Gasteiger partial charge < -0.3 is 10.1 Å². The van der Waals surface area contributed by atoms with Crippen LogP contribution >= 0.6 is 0 Å². The van der Waals surface area contributed by atoms with Crippen molar-refractivity contribution in [1.29, 1.82) is 0 Å². The summed E-state index contributed by atoms with van der Waals surface area (Å²) in [5, 5.41) is 7.11. The zero-order chi connectivity index (χ0) is 16.1. The SMILES string of the molecule is CCOC(=O)[C@@H](C)NC(=O)C(C)Cn1ncc2c1CCCC2. The predicted octanol–water partition coefficient (Wildman–Crippen LogP) is 1.47. The first-order valence-electron chi connectivity index (χ1n) is 8.03. The molecule has 22 heavy (non-hydrogen) atoms. The Kier molecular flexibility index (Phi) is 5.57. The maximum absolute atomic E-state index is 12.2. The van der Waals surface area contributed by atoms with Gasteiger partial charge in [0.25, 0.3) is 0 Å². The number of ether oxygens (including phenoxy) is 1. The lowest BCUT2D eigenvalue weighted by Crippen LogP contribution is -2.43. The standard InChI is InChI=1S/C16H25N3O3/c1-4-22-16(21)12(3)18-15(20)11(2)10-19-14-8-6-5-7-13(14)9-17-19/h9,11-12H,4-8,10H2,1-3H3,(H,18,20)/t11?,12-/m1/s1. The Bertz CT molecular complexity index is 539. The second-order valence-electron chi connectivity index (χ2n) is 5.89. The number of aryl methyl sites for hydroxylation is 1. The molecule has 0 saturated carbocycles. The number of hydrogen-bond donors (Lipinski definition) is 1. The maximum atomic E-state index is 12.2. The fourth-order valence-corrected chi connectivity index (χ4v) is 2.74. The number of hydrogen-bond acceptors (Lipinski definition) is 4. The van der Waals surface area contributed by atoms with E-state index in [9.17, 15) is 9.59 Å². The van der Waals surface area contributed by atoms with Gasteiger partial charge in [-0.25, -0.2) is 4.79 Å². The molecule has 0 aliphatic heterocycles. The van der Waals surface area contributed by atoms with Gasteiger partial charge in [0, 0.05) is 5.69 Å². The predicted molar refractivity (Wildman–Crippen MR) is 82.3 cm³/mol. The molecule has 0 radical (unpaired) electrons.